The van der Waals surface area contributed by atoms with Crippen molar-refractivity contribution in [3.05, 3.63) is 0 Å². The summed E-state index contributed by atoms with van der Waals surface area (Å²) >= 11 is 0. The van der Waals surface area contributed by atoms with Crippen molar-refractivity contribution in [3.8, 4) is 0 Å². The summed E-state index contributed by atoms with van der Waals surface area (Å²) in [7, 11) is 0. The van der Waals surface area contributed by atoms with E-state index in [4.69, 9.17) is 9.84 Å². The zero-order valence-electron chi connectivity index (χ0n) is 15.6. The molecule has 0 bridgehead atoms. The molecule has 3 aliphatic rings. The van der Waals surface area contributed by atoms with Gasteiger partial charge in [-0.05, 0) is 62.3 Å². The lowest BCUT2D eigenvalue weighted by Gasteiger charge is -2.35. The van der Waals surface area contributed by atoms with Crippen LogP contribution in [0.2, 0.25) is 0 Å². The van der Waals surface area contributed by atoms with Crippen molar-refractivity contribution >= 4 is 0 Å². The normalized spacial score (nSPS) is 34.4. The number of hydrogen-bond acceptors (Lipinski definition) is 3. The fraction of sp³-hybridized carbons (Fsp3) is 1.00. The summed E-state index contributed by atoms with van der Waals surface area (Å²) < 4.78 is 5.04. The Labute approximate surface area is 148 Å². The number of rotatable bonds is 9. The Bertz CT molecular complexity index is 343. The lowest BCUT2D eigenvalue weighted by Crippen LogP contribution is -2.33. The average Bonchev–Trinajstić information content (AvgIpc) is 3.03. The van der Waals surface area contributed by atoms with Crippen molar-refractivity contribution in [2.24, 2.45) is 23.7 Å². The van der Waals surface area contributed by atoms with E-state index in [1.54, 1.807) is 0 Å². The monoisotopic (exact) mass is 337 g/mol. The molecule has 0 radical (unpaired) electrons. The summed E-state index contributed by atoms with van der Waals surface area (Å²) in [6.07, 6.45) is 18.5. The van der Waals surface area contributed by atoms with Gasteiger partial charge in [0.15, 0.2) is 0 Å². The van der Waals surface area contributed by atoms with Crippen LogP contribution in [0, 0.1) is 23.7 Å². The highest BCUT2D eigenvalue weighted by Gasteiger charge is 2.39. The second-order valence-corrected chi connectivity index (χ2v) is 8.73. The van der Waals surface area contributed by atoms with Crippen LogP contribution in [0.1, 0.15) is 83.5 Å². The van der Waals surface area contributed by atoms with Gasteiger partial charge in [-0.3, -0.25) is 0 Å². The lowest BCUT2D eigenvalue weighted by atomic mass is 9.71. The fourth-order valence-corrected chi connectivity index (χ4v) is 5.73. The third-order valence-corrected chi connectivity index (χ3v) is 7.17. The number of unbranched alkanes of at least 4 members (excludes halogenated alkanes) is 1. The predicted octanol–water partition coefficient (Wildman–Crippen LogP) is 4.49. The first-order chi connectivity index (χ1) is 11.9. The van der Waals surface area contributed by atoms with Gasteiger partial charge in [-0.1, -0.05) is 51.4 Å². The lowest BCUT2D eigenvalue weighted by molar-refractivity contribution is -0.00329. The van der Waals surface area contributed by atoms with Crippen molar-refractivity contribution in [1.82, 2.24) is 5.32 Å². The van der Waals surface area contributed by atoms with Crippen molar-refractivity contribution in [3.63, 3.8) is 0 Å². The molecule has 3 rings (SSSR count). The van der Waals surface area contributed by atoms with Crippen LogP contribution in [0.5, 0.6) is 0 Å². The van der Waals surface area contributed by atoms with Gasteiger partial charge in [-0.2, -0.15) is 0 Å². The number of nitrogens with one attached hydrogen (secondary N) is 1. The van der Waals surface area contributed by atoms with E-state index in [2.05, 4.69) is 5.32 Å². The Hall–Kier alpha value is -0.120. The van der Waals surface area contributed by atoms with E-state index >= 15 is 0 Å². The smallest absolute Gasteiger partial charge is 0.143 e. The van der Waals surface area contributed by atoms with Crippen LogP contribution in [-0.2, 0) is 4.74 Å². The van der Waals surface area contributed by atoms with Crippen molar-refractivity contribution in [1.29, 1.82) is 0 Å². The van der Waals surface area contributed by atoms with Gasteiger partial charge < -0.3 is 15.2 Å². The van der Waals surface area contributed by atoms with Gasteiger partial charge >= 0.3 is 0 Å². The van der Waals surface area contributed by atoms with E-state index < -0.39 is 0 Å². The highest BCUT2D eigenvalue weighted by molar-refractivity contribution is 4.95. The third-order valence-electron chi connectivity index (χ3n) is 7.17. The summed E-state index contributed by atoms with van der Waals surface area (Å²) in [6, 6.07) is 0.829. The molecule has 4 unspecified atom stereocenters. The van der Waals surface area contributed by atoms with Crippen LogP contribution in [0.25, 0.3) is 0 Å². The molecule has 3 nitrogen and oxygen atoms in total. The van der Waals surface area contributed by atoms with Crippen molar-refractivity contribution < 1.29 is 9.84 Å². The minimum Gasteiger partial charge on any atom is -0.371 e. The Morgan fingerprint density at radius 1 is 0.875 bits per heavy atom. The molecule has 0 aromatic carbocycles. The molecule has 24 heavy (non-hydrogen) atoms. The first-order valence-electron chi connectivity index (χ1n) is 10.8. The molecule has 2 aliphatic carbocycles. The number of aliphatic hydroxyl groups excluding tert-OH is 1. The van der Waals surface area contributed by atoms with Crippen LogP contribution in [0.15, 0.2) is 0 Å². The minimum atomic E-state index is -0.123. The molecule has 1 aliphatic heterocycles. The zero-order valence-corrected chi connectivity index (χ0v) is 15.6. The molecular formula is C21H39NO2. The maximum atomic E-state index is 8.66. The molecule has 4 atom stereocenters. The van der Waals surface area contributed by atoms with Gasteiger partial charge in [0.2, 0.25) is 0 Å². The van der Waals surface area contributed by atoms with Gasteiger partial charge in [0.05, 0.1) is 0 Å². The second-order valence-electron chi connectivity index (χ2n) is 8.73. The number of hydrogen-bond donors (Lipinski definition) is 2. The Morgan fingerprint density at radius 2 is 1.75 bits per heavy atom. The molecule has 0 spiro atoms. The van der Waals surface area contributed by atoms with Gasteiger partial charge in [-0.25, -0.2) is 0 Å². The van der Waals surface area contributed by atoms with E-state index in [-0.39, 0.29) is 6.79 Å². The van der Waals surface area contributed by atoms with E-state index in [0.29, 0.717) is 0 Å². The average molecular weight is 338 g/mol. The van der Waals surface area contributed by atoms with Crippen LogP contribution in [-0.4, -0.2) is 31.1 Å². The van der Waals surface area contributed by atoms with Gasteiger partial charge in [-0.15, -0.1) is 0 Å². The highest BCUT2D eigenvalue weighted by Crippen LogP contribution is 2.42. The van der Waals surface area contributed by atoms with Crippen LogP contribution >= 0.6 is 0 Å². The molecule has 2 N–H and O–H groups in total. The number of ether oxygens (including phenoxy) is 1. The van der Waals surface area contributed by atoms with Crippen molar-refractivity contribution in [2.75, 3.05) is 19.9 Å². The standard InChI is InChI=1S/C21H39NO2/c23-16-24-13-5-4-8-18-10-12-21-20(14-18)19(15-22-21)11-9-17-6-2-1-3-7-17/h17-23H,1-16H2. The molecule has 1 saturated heterocycles. The van der Waals surface area contributed by atoms with E-state index in [0.717, 1.165) is 42.7 Å². The van der Waals surface area contributed by atoms with Gasteiger partial charge in [0.25, 0.3) is 0 Å². The fourth-order valence-electron chi connectivity index (χ4n) is 5.73. The van der Waals surface area contributed by atoms with E-state index in [1.165, 1.54) is 83.6 Å². The SMILES string of the molecule is OCOCCCCC1CCC2NCC(CCC3CCCCC3)C2C1. The van der Waals surface area contributed by atoms with E-state index in [9.17, 15) is 0 Å². The third kappa shape index (κ3) is 5.44. The molecule has 0 aromatic rings. The summed E-state index contributed by atoms with van der Waals surface area (Å²) in [5.41, 5.74) is 0. The quantitative estimate of drug-likeness (QED) is 0.481. The second kappa shape index (κ2) is 10.1. The molecule has 0 aromatic heterocycles. The summed E-state index contributed by atoms with van der Waals surface area (Å²) in [6.45, 7) is 1.89. The summed E-state index contributed by atoms with van der Waals surface area (Å²) in [4.78, 5) is 0. The molecule has 2 saturated carbocycles. The first-order valence-corrected chi connectivity index (χ1v) is 10.8. The molecular weight excluding hydrogens is 298 g/mol. The Kier molecular flexibility index (Phi) is 7.88. The summed E-state index contributed by atoms with van der Waals surface area (Å²) in [5, 5.41) is 12.5. The van der Waals surface area contributed by atoms with Crippen molar-refractivity contribution in [2.45, 2.75) is 89.5 Å². The molecule has 3 heteroatoms. The molecule has 3 fully saturated rings. The maximum Gasteiger partial charge on any atom is 0.143 e. The predicted molar refractivity (Wildman–Crippen MR) is 98.8 cm³/mol. The maximum absolute atomic E-state index is 8.66. The zero-order chi connectivity index (χ0) is 16.6. The van der Waals surface area contributed by atoms with Crippen LogP contribution in [0.4, 0.5) is 0 Å². The topological polar surface area (TPSA) is 41.5 Å². The highest BCUT2D eigenvalue weighted by atomic mass is 16.6. The largest absolute Gasteiger partial charge is 0.371 e. The van der Waals surface area contributed by atoms with Crippen LogP contribution in [0.3, 0.4) is 0 Å². The minimum absolute atomic E-state index is 0.123. The molecule has 140 valence electrons. The summed E-state index contributed by atoms with van der Waals surface area (Å²) in [5.74, 6) is 3.90. The van der Waals surface area contributed by atoms with Gasteiger partial charge in [0, 0.05) is 12.6 Å². The van der Waals surface area contributed by atoms with Crippen LogP contribution < -0.4 is 5.32 Å². The number of fused-ring (bicyclic) bond motifs is 1. The Balaban J connectivity index is 1.37. The van der Waals surface area contributed by atoms with E-state index in [1.807, 2.05) is 0 Å². The molecule has 0 amide bonds. The number of aliphatic hydroxyl groups is 1. The molecule has 1 heterocycles. The first kappa shape index (κ1) is 18.7. The Morgan fingerprint density at radius 3 is 2.58 bits per heavy atom. The van der Waals surface area contributed by atoms with Gasteiger partial charge in [0.1, 0.15) is 6.79 Å².